The minimum absolute atomic E-state index is 0.0796. The van der Waals surface area contributed by atoms with Crippen LogP contribution >= 0.6 is 0 Å². The first kappa shape index (κ1) is 15.9. The summed E-state index contributed by atoms with van der Waals surface area (Å²) in [5.74, 6) is 0.578. The van der Waals surface area contributed by atoms with Crippen LogP contribution in [0.25, 0.3) is 22.5 Å². The normalized spacial score (nSPS) is 11.0. The molecule has 0 unspecified atom stereocenters. The predicted octanol–water partition coefficient (Wildman–Crippen LogP) is 2.72. The summed E-state index contributed by atoms with van der Waals surface area (Å²) in [5.41, 5.74) is 1.01. The molecule has 0 aliphatic carbocycles. The summed E-state index contributed by atoms with van der Waals surface area (Å²) in [6, 6.07) is 14.3. The Kier molecular flexibility index (Phi) is 3.89. The molecular weight excluding hydrogens is 334 g/mol. The highest BCUT2D eigenvalue weighted by molar-refractivity contribution is 5.93. The van der Waals surface area contributed by atoms with Crippen LogP contribution in [0.15, 0.2) is 68.5 Å². The van der Waals surface area contributed by atoms with E-state index in [-0.39, 0.29) is 17.7 Å². The highest BCUT2D eigenvalue weighted by Crippen LogP contribution is 2.28. The van der Waals surface area contributed by atoms with Crippen molar-refractivity contribution in [1.29, 1.82) is 0 Å². The van der Waals surface area contributed by atoms with Crippen molar-refractivity contribution in [3.63, 3.8) is 0 Å². The topological polar surface area (TPSA) is 90.3 Å². The van der Waals surface area contributed by atoms with E-state index < -0.39 is 5.91 Å². The van der Waals surface area contributed by atoms with Gasteiger partial charge in [0.15, 0.2) is 5.76 Å². The van der Waals surface area contributed by atoms with Crippen LogP contribution in [0.3, 0.4) is 0 Å². The number of para-hydroxylation sites is 1. The number of aryl methyl sites for hydroxylation is 1. The molecule has 7 nitrogen and oxygen atoms in total. The third-order valence-electron chi connectivity index (χ3n) is 4.03. The molecule has 7 heteroatoms. The van der Waals surface area contributed by atoms with Crippen molar-refractivity contribution < 1.29 is 13.7 Å². The highest BCUT2D eigenvalue weighted by atomic mass is 16.5. The maximum Gasteiger partial charge on any atom is 0.263 e. The van der Waals surface area contributed by atoms with Crippen molar-refractivity contribution in [3.05, 3.63) is 76.3 Å². The molecule has 0 fully saturated rings. The second kappa shape index (κ2) is 6.36. The molecule has 130 valence electrons. The molecule has 3 heterocycles. The van der Waals surface area contributed by atoms with E-state index in [2.05, 4.69) is 10.5 Å². The van der Waals surface area contributed by atoms with Gasteiger partial charge in [0.05, 0.1) is 6.54 Å². The Balaban J connectivity index is 1.49. The summed E-state index contributed by atoms with van der Waals surface area (Å²) in [7, 11) is 1.59. The summed E-state index contributed by atoms with van der Waals surface area (Å²) < 4.78 is 12.4. The largest absolute Gasteiger partial charge is 0.453 e. The molecule has 0 radical (unpaired) electrons. The fourth-order valence-corrected chi connectivity index (χ4v) is 2.65. The van der Waals surface area contributed by atoms with Gasteiger partial charge in [0.25, 0.3) is 11.5 Å². The van der Waals surface area contributed by atoms with Crippen molar-refractivity contribution in [2.75, 3.05) is 0 Å². The molecule has 0 bridgehead atoms. The van der Waals surface area contributed by atoms with Crippen molar-refractivity contribution in [2.24, 2.45) is 7.05 Å². The van der Waals surface area contributed by atoms with Crippen molar-refractivity contribution >= 4 is 16.9 Å². The van der Waals surface area contributed by atoms with Crippen molar-refractivity contribution in [1.82, 2.24) is 15.0 Å². The number of rotatable bonds is 4. The SMILES string of the molecule is Cn1cccc(C(=O)NCc2cc(-c3cc4ccccc4o3)on2)c1=O. The minimum atomic E-state index is -0.459. The zero-order valence-electron chi connectivity index (χ0n) is 13.9. The number of fused-ring (bicyclic) bond motifs is 1. The summed E-state index contributed by atoms with van der Waals surface area (Å²) >= 11 is 0. The van der Waals surface area contributed by atoms with E-state index in [0.717, 1.165) is 11.0 Å². The molecule has 26 heavy (non-hydrogen) atoms. The van der Waals surface area contributed by atoms with E-state index in [1.165, 1.54) is 10.6 Å². The van der Waals surface area contributed by atoms with E-state index in [0.29, 0.717) is 17.2 Å². The quantitative estimate of drug-likeness (QED) is 0.612. The van der Waals surface area contributed by atoms with Crippen LogP contribution in [-0.2, 0) is 13.6 Å². The van der Waals surface area contributed by atoms with Crippen LogP contribution in [0.2, 0.25) is 0 Å². The maximum absolute atomic E-state index is 12.2. The minimum Gasteiger partial charge on any atom is -0.453 e. The zero-order valence-corrected chi connectivity index (χ0v) is 13.9. The molecule has 4 rings (SSSR count). The third kappa shape index (κ3) is 2.90. The van der Waals surface area contributed by atoms with Crippen LogP contribution in [0.5, 0.6) is 0 Å². The van der Waals surface area contributed by atoms with Crippen molar-refractivity contribution in [3.8, 4) is 11.5 Å². The predicted molar refractivity (Wildman–Crippen MR) is 94.6 cm³/mol. The zero-order chi connectivity index (χ0) is 18.1. The average molecular weight is 349 g/mol. The molecule has 4 aromatic rings. The molecule has 1 aromatic carbocycles. The van der Waals surface area contributed by atoms with Gasteiger partial charge in [-0.15, -0.1) is 0 Å². The van der Waals surface area contributed by atoms with E-state index in [4.69, 9.17) is 8.94 Å². The Labute approximate surface area is 147 Å². The second-order valence-corrected chi connectivity index (χ2v) is 5.85. The molecule has 0 aliphatic rings. The number of benzene rings is 1. The lowest BCUT2D eigenvalue weighted by Gasteiger charge is -2.03. The molecule has 0 saturated heterocycles. The Hall–Kier alpha value is -3.61. The lowest BCUT2D eigenvalue weighted by atomic mass is 10.2. The number of nitrogens with zero attached hydrogens (tertiary/aromatic N) is 2. The number of amides is 1. The fourth-order valence-electron chi connectivity index (χ4n) is 2.65. The smallest absolute Gasteiger partial charge is 0.263 e. The third-order valence-corrected chi connectivity index (χ3v) is 4.03. The van der Waals surface area contributed by atoms with Gasteiger partial charge >= 0.3 is 0 Å². The average Bonchev–Trinajstić information content (AvgIpc) is 3.28. The number of furan rings is 1. The Morgan fingerprint density at radius 2 is 2.00 bits per heavy atom. The summed E-state index contributed by atoms with van der Waals surface area (Å²) in [6.07, 6.45) is 1.59. The number of carbonyl (C=O) groups is 1. The molecule has 1 N–H and O–H groups in total. The van der Waals surface area contributed by atoms with Gasteiger partial charge in [-0.3, -0.25) is 9.59 Å². The van der Waals surface area contributed by atoms with Crippen LogP contribution < -0.4 is 10.9 Å². The van der Waals surface area contributed by atoms with Gasteiger partial charge in [0, 0.05) is 24.7 Å². The summed E-state index contributed by atoms with van der Waals surface area (Å²) in [5, 5.41) is 7.57. The number of carbonyl (C=O) groups excluding carboxylic acids is 1. The number of hydrogen-bond donors (Lipinski definition) is 1. The molecule has 0 aliphatic heterocycles. The lowest BCUT2D eigenvalue weighted by Crippen LogP contribution is -2.31. The van der Waals surface area contributed by atoms with Gasteiger partial charge in [0.2, 0.25) is 5.76 Å². The Morgan fingerprint density at radius 3 is 2.85 bits per heavy atom. The van der Waals surface area contributed by atoms with Crippen LogP contribution in [-0.4, -0.2) is 15.6 Å². The fraction of sp³-hybridized carbons (Fsp3) is 0.105. The van der Waals surface area contributed by atoms with E-state index in [1.54, 1.807) is 25.4 Å². The first-order valence-electron chi connectivity index (χ1n) is 8.00. The molecule has 0 atom stereocenters. The van der Waals surface area contributed by atoms with E-state index in [9.17, 15) is 9.59 Å². The monoisotopic (exact) mass is 349 g/mol. The van der Waals surface area contributed by atoms with Gasteiger partial charge < -0.3 is 18.8 Å². The molecule has 1 amide bonds. The first-order valence-corrected chi connectivity index (χ1v) is 8.00. The standard InChI is InChI=1S/C19H15N3O4/c1-22-8-4-6-14(19(22)24)18(23)20-11-13-10-17(26-21-13)16-9-12-5-2-3-7-15(12)25-16/h2-10H,11H2,1H3,(H,20,23). The van der Waals surface area contributed by atoms with Crippen molar-refractivity contribution in [2.45, 2.75) is 6.54 Å². The Bertz CT molecular complexity index is 1120. The molecular formula is C19H15N3O4. The maximum atomic E-state index is 12.2. The van der Waals surface area contributed by atoms with Gasteiger partial charge in [-0.05, 0) is 24.3 Å². The highest BCUT2D eigenvalue weighted by Gasteiger charge is 2.14. The van der Waals surface area contributed by atoms with Crippen LogP contribution in [0, 0.1) is 0 Å². The van der Waals surface area contributed by atoms with Crippen LogP contribution in [0.1, 0.15) is 16.1 Å². The van der Waals surface area contributed by atoms with E-state index >= 15 is 0 Å². The molecule has 3 aromatic heterocycles. The molecule has 0 spiro atoms. The molecule has 0 saturated carbocycles. The lowest BCUT2D eigenvalue weighted by molar-refractivity contribution is 0.0948. The number of hydrogen-bond acceptors (Lipinski definition) is 5. The van der Waals surface area contributed by atoms with Gasteiger partial charge in [-0.1, -0.05) is 23.4 Å². The van der Waals surface area contributed by atoms with Gasteiger partial charge in [-0.25, -0.2) is 0 Å². The summed E-state index contributed by atoms with van der Waals surface area (Å²) in [4.78, 5) is 24.1. The number of nitrogens with one attached hydrogen (secondary N) is 1. The second-order valence-electron chi connectivity index (χ2n) is 5.85. The summed E-state index contributed by atoms with van der Waals surface area (Å²) in [6.45, 7) is 0.139. The number of pyridine rings is 1. The van der Waals surface area contributed by atoms with Crippen LogP contribution in [0.4, 0.5) is 0 Å². The van der Waals surface area contributed by atoms with E-state index in [1.807, 2.05) is 30.3 Å². The van der Waals surface area contributed by atoms with Gasteiger partial charge in [0.1, 0.15) is 16.8 Å². The first-order chi connectivity index (χ1) is 12.6. The van der Waals surface area contributed by atoms with Gasteiger partial charge in [-0.2, -0.15) is 0 Å². The number of aromatic nitrogens is 2. The Morgan fingerprint density at radius 1 is 1.15 bits per heavy atom.